The number of nitrogens with one attached hydrogen (secondary N) is 2. The molecule has 1 aromatic carbocycles. The quantitative estimate of drug-likeness (QED) is 0.758. The van der Waals surface area contributed by atoms with Crippen LogP contribution < -0.4 is 10.6 Å². The highest BCUT2D eigenvalue weighted by Crippen LogP contribution is 2.21. The van der Waals surface area contributed by atoms with Crippen molar-refractivity contribution >= 4 is 39.3 Å². The molecule has 110 valence electrons. The van der Waals surface area contributed by atoms with E-state index in [9.17, 15) is 14.7 Å². The summed E-state index contributed by atoms with van der Waals surface area (Å²) in [6.07, 6.45) is 0. The Hall–Kier alpha value is -1.86. The number of rotatable bonds is 5. The van der Waals surface area contributed by atoms with Gasteiger partial charge in [0.25, 0.3) is 0 Å². The number of carbonyl (C=O) groups excluding carboxylic acids is 1. The average Bonchev–Trinajstić information content (AvgIpc) is 2.89. The second kappa shape index (κ2) is 7.24. The van der Waals surface area contributed by atoms with E-state index >= 15 is 0 Å². The standard InChI is InChI=1S/C14H13BrN2O3S/c15-11-7-6-10(21-11)8-16-14(20)17-12(13(18)19)9-4-2-1-3-5-9/h1-7,12H,8H2,(H,18,19)(H2,16,17,20)/t12-/m0/s1. The van der Waals surface area contributed by atoms with Crippen molar-refractivity contribution in [3.05, 3.63) is 56.7 Å². The topological polar surface area (TPSA) is 78.4 Å². The first kappa shape index (κ1) is 15.5. The van der Waals surface area contributed by atoms with E-state index < -0.39 is 18.0 Å². The van der Waals surface area contributed by atoms with Crippen LogP contribution in [-0.2, 0) is 11.3 Å². The highest BCUT2D eigenvalue weighted by molar-refractivity contribution is 9.11. The molecule has 0 aliphatic rings. The molecule has 0 unspecified atom stereocenters. The van der Waals surface area contributed by atoms with Gasteiger partial charge in [0.1, 0.15) is 0 Å². The first-order chi connectivity index (χ1) is 10.1. The fourth-order valence-electron chi connectivity index (χ4n) is 1.73. The Bertz CT molecular complexity index is 630. The van der Waals surface area contributed by atoms with Crippen molar-refractivity contribution in [2.75, 3.05) is 0 Å². The zero-order chi connectivity index (χ0) is 15.2. The molecule has 0 fully saturated rings. The average molecular weight is 369 g/mol. The van der Waals surface area contributed by atoms with Crippen LogP contribution in [0.15, 0.2) is 46.3 Å². The van der Waals surface area contributed by atoms with E-state index in [-0.39, 0.29) is 0 Å². The number of hydrogen-bond acceptors (Lipinski definition) is 3. The SMILES string of the molecule is O=C(NCc1ccc(Br)s1)N[C@H](C(=O)O)c1ccccc1. The molecule has 2 amide bonds. The zero-order valence-corrected chi connectivity index (χ0v) is 13.3. The number of aliphatic carboxylic acids is 1. The van der Waals surface area contributed by atoms with Crippen molar-refractivity contribution in [1.29, 1.82) is 0 Å². The molecule has 0 aliphatic heterocycles. The second-order valence-corrected chi connectivity index (χ2v) is 6.76. The maximum atomic E-state index is 11.8. The number of amides is 2. The van der Waals surface area contributed by atoms with Gasteiger partial charge in [-0.3, -0.25) is 0 Å². The number of carboxylic acid groups (broad SMARTS) is 1. The molecule has 21 heavy (non-hydrogen) atoms. The van der Waals surface area contributed by atoms with E-state index in [4.69, 9.17) is 0 Å². The molecule has 3 N–H and O–H groups in total. The number of benzene rings is 1. The maximum absolute atomic E-state index is 11.8. The summed E-state index contributed by atoms with van der Waals surface area (Å²) in [5, 5.41) is 14.3. The van der Waals surface area contributed by atoms with Crippen LogP contribution in [0.2, 0.25) is 0 Å². The molecular weight excluding hydrogens is 356 g/mol. The van der Waals surface area contributed by atoms with Gasteiger partial charge in [0.2, 0.25) is 0 Å². The summed E-state index contributed by atoms with van der Waals surface area (Å²) < 4.78 is 0.979. The van der Waals surface area contributed by atoms with Gasteiger partial charge in [0.05, 0.1) is 10.3 Å². The van der Waals surface area contributed by atoms with Crippen LogP contribution in [0.4, 0.5) is 4.79 Å². The number of carboxylic acids is 1. The van der Waals surface area contributed by atoms with E-state index in [1.165, 1.54) is 11.3 Å². The Balaban J connectivity index is 1.94. The molecule has 1 heterocycles. The predicted octanol–water partition coefficient (Wildman–Crippen LogP) is 3.14. The van der Waals surface area contributed by atoms with E-state index in [1.807, 2.05) is 12.1 Å². The minimum Gasteiger partial charge on any atom is -0.479 e. The van der Waals surface area contributed by atoms with Gasteiger partial charge in [-0.25, -0.2) is 9.59 Å². The summed E-state index contributed by atoms with van der Waals surface area (Å²) in [4.78, 5) is 24.1. The third-order valence-electron chi connectivity index (χ3n) is 2.71. The fourth-order valence-corrected chi connectivity index (χ4v) is 3.15. The van der Waals surface area contributed by atoms with Crippen LogP contribution in [-0.4, -0.2) is 17.1 Å². The summed E-state index contributed by atoms with van der Waals surface area (Å²) in [5.74, 6) is -1.10. The van der Waals surface area contributed by atoms with Gasteiger partial charge in [-0.1, -0.05) is 30.3 Å². The molecule has 0 saturated carbocycles. The number of carbonyl (C=O) groups is 2. The molecule has 7 heteroatoms. The molecule has 5 nitrogen and oxygen atoms in total. The Morgan fingerprint density at radius 1 is 1.19 bits per heavy atom. The highest BCUT2D eigenvalue weighted by Gasteiger charge is 2.21. The lowest BCUT2D eigenvalue weighted by Gasteiger charge is -2.15. The fraction of sp³-hybridized carbons (Fsp3) is 0.143. The minimum atomic E-state index is -1.10. The molecule has 0 spiro atoms. The van der Waals surface area contributed by atoms with Crippen LogP contribution in [0, 0.1) is 0 Å². The number of thiophene rings is 1. The Labute approximate surface area is 134 Å². The molecule has 0 bridgehead atoms. The largest absolute Gasteiger partial charge is 0.479 e. The Morgan fingerprint density at radius 3 is 2.48 bits per heavy atom. The van der Waals surface area contributed by atoms with Gasteiger partial charge in [0, 0.05) is 4.88 Å². The summed E-state index contributed by atoms with van der Waals surface area (Å²) in [7, 11) is 0. The van der Waals surface area contributed by atoms with E-state index in [2.05, 4.69) is 26.6 Å². The van der Waals surface area contributed by atoms with Gasteiger partial charge in [-0.15, -0.1) is 11.3 Å². The number of halogens is 1. The highest BCUT2D eigenvalue weighted by atomic mass is 79.9. The predicted molar refractivity (Wildman–Crippen MR) is 84.2 cm³/mol. The molecule has 0 saturated heterocycles. The van der Waals surface area contributed by atoms with Gasteiger partial charge in [-0.05, 0) is 33.6 Å². The van der Waals surface area contributed by atoms with Gasteiger partial charge in [-0.2, -0.15) is 0 Å². The van der Waals surface area contributed by atoms with Gasteiger partial charge in [0.15, 0.2) is 6.04 Å². The van der Waals surface area contributed by atoms with Crippen molar-refractivity contribution < 1.29 is 14.7 Å². The normalized spacial score (nSPS) is 11.7. The molecule has 0 aliphatic carbocycles. The lowest BCUT2D eigenvalue weighted by molar-refractivity contribution is -0.139. The van der Waals surface area contributed by atoms with Crippen LogP contribution in [0.3, 0.4) is 0 Å². The van der Waals surface area contributed by atoms with Crippen molar-refractivity contribution in [3.63, 3.8) is 0 Å². The molecular formula is C14H13BrN2O3S. The van der Waals surface area contributed by atoms with E-state index in [1.54, 1.807) is 30.3 Å². The van der Waals surface area contributed by atoms with Crippen LogP contribution in [0.5, 0.6) is 0 Å². The Morgan fingerprint density at radius 2 is 1.90 bits per heavy atom. The van der Waals surface area contributed by atoms with Crippen LogP contribution in [0.1, 0.15) is 16.5 Å². The summed E-state index contributed by atoms with van der Waals surface area (Å²) in [6.45, 7) is 0.350. The molecule has 0 radical (unpaired) electrons. The van der Waals surface area contributed by atoms with Crippen LogP contribution >= 0.6 is 27.3 Å². The van der Waals surface area contributed by atoms with E-state index in [0.717, 1.165) is 8.66 Å². The van der Waals surface area contributed by atoms with Crippen molar-refractivity contribution in [2.45, 2.75) is 12.6 Å². The first-order valence-electron chi connectivity index (χ1n) is 6.12. The van der Waals surface area contributed by atoms with E-state index in [0.29, 0.717) is 12.1 Å². The monoisotopic (exact) mass is 368 g/mol. The smallest absolute Gasteiger partial charge is 0.330 e. The molecule has 2 rings (SSSR count). The molecule has 2 aromatic rings. The second-order valence-electron chi connectivity index (χ2n) is 4.21. The third kappa shape index (κ3) is 4.57. The molecule has 1 aromatic heterocycles. The Kier molecular flexibility index (Phi) is 5.35. The van der Waals surface area contributed by atoms with Crippen LogP contribution in [0.25, 0.3) is 0 Å². The van der Waals surface area contributed by atoms with Crippen molar-refractivity contribution in [2.24, 2.45) is 0 Å². The summed E-state index contributed by atoms with van der Waals surface area (Å²) >= 11 is 4.85. The lowest BCUT2D eigenvalue weighted by Crippen LogP contribution is -2.40. The maximum Gasteiger partial charge on any atom is 0.330 e. The zero-order valence-electron chi connectivity index (χ0n) is 10.9. The van der Waals surface area contributed by atoms with Gasteiger partial charge >= 0.3 is 12.0 Å². The summed E-state index contributed by atoms with van der Waals surface area (Å²) in [6, 6.07) is 10.8. The molecule has 1 atom stereocenters. The minimum absolute atomic E-state index is 0.350. The third-order valence-corrected chi connectivity index (χ3v) is 4.33. The number of hydrogen-bond donors (Lipinski definition) is 3. The van der Waals surface area contributed by atoms with Crippen molar-refractivity contribution in [1.82, 2.24) is 10.6 Å². The summed E-state index contributed by atoms with van der Waals surface area (Å²) in [5.41, 5.74) is 0.527. The van der Waals surface area contributed by atoms with Crippen molar-refractivity contribution in [3.8, 4) is 0 Å². The first-order valence-corrected chi connectivity index (χ1v) is 7.73. The lowest BCUT2D eigenvalue weighted by atomic mass is 10.1. The van der Waals surface area contributed by atoms with Gasteiger partial charge < -0.3 is 15.7 Å². The number of urea groups is 1.